The number of halogens is 1. The Morgan fingerprint density at radius 2 is 2.15 bits per heavy atom. The standard InChI is InChI=1S/C18H17FN4O3/c1-26-18(25)16-8-14-10-22(4-5-23(14)21-16)9-12-6-11-2-3-13(19)7-15(11)20-17(12)24/h2-3,6-8H,4-5,9-10H2,1H3,(H,20,24). The van der Waals surface area contributed by atoms with Gasteiger partial charge in [-0.05, 0) is 35.7 Å². The van der Waals surface area contributed by atoms with Crippen LogP contribution in [-0.4, -0.2) is 39.3 Å². The van der Waals surface area contributed by atoms with E-state index in [4.69, 9.17) is 4.74 Å². The zero-order valence-corrected chi connectivity index (χ0v) is 14.2. The maximum Gasteiger partial charge on any atom is 0.358 e. The summed E-state index contributed by atoms with van der Waals surface area (Å²) in [7, 11) is 1.32. The van der Waals surface area contributed by atoms with Crippen LogP contribution >= 0.6 is 0 Å². The van der Waals surface area contributed by atoms with Gasteiger partial charge in [0.05, 0.1) is 24.9 Å². The van der Waals surface area contributed by atoms with Crippen LogP contribution in [0.2, 0.25) is 0 Å². The van der Waals surface area contributed by atoms with Crippen molar-refractivity contribution in [1.29, 1.82) is 0 Å². The molecule has 7 nitrogen and oxygen atoms in total. The Bertz CT molecular complexity index is 1060. The lowest BCUT2D eigenvalue weighted by molar-refractivity contribution is 0.0593. The van der Waals surface area contributed by atoms with Gasteiger partial charge >= 0.3 is 5.97 Å². The SMILES string of the molecule is COC(=O)c1cc2n(n1)CCN(Cc1cc3ccc(F)cc3[nH]c1=O)C2. The van der Waals surface area contributed by atoms with E-state index in [9.17, 15) is 14.0 Å². The van der Waals surface area contributed by atoms with Crippen LogP contribution in [0, 0.1) is 5.82 Å². The summed E-state index contributed by atoms with van der Waals surface area (Å²) < 4.78 is 19.8. The van der Waals surface area contributed by atoms with E-state index in [1.807, 2.05) is 0 Å². The summed E-state index contributed by atoms with van der Waals surface area (Å²) >= 11 is 0. The van der Waals surface area contributed by atoms with Crippen LogP contribution in [0.3, 0.4) is 0 Å². The third-order valence-corrected chi connectivity index (χ3v) is 4.55. The Labute approximate surface area is 148 Å². The molecule has 3 heterocycles. The second-order valence-electron chi connectivity index (χ2n) is 6.30. The normalized spacial score (nSPS) is 14.4. The molecule has 0 saturated carbocycles. The first-order chi connectivity index (χ1) is 12.5. The second-order valence-corrected chi connectivity index (χ2v) is 6.30. The fraction of sp³-hybridized carbons (Fsp3) is 0.278. The molecule has 1 N–H and O–H groups in total. The van der Waals surface area contributed by atoms with Gasteiger partial charge in [-0.1, -0.05) is 0 Å². The second kappa shape index (κ2) is 6.38. The molecule has 4 rings (SSSR count). The summed E-state index contributed by atoms with van der Waals surface area (Å²) in [5, 5.41) is 5.03. The number of hydrogen-bond acceptors (Lipinski definition) is 5. The number of rotatable bonds is 3. The molecule has 0 saturated heterocycles. The first kappa shape index (κ1) is 16.5. The van der Waals surface area contributed by atoms with Crippen molar-refractivity contribution in [3.63, 3.8) is 0 Å². The molecule has 0 fully saturated rings. The minimum absolute atomic E-state index is 0.225. The van der Waals surface area contributed by atoms with Crippen LogP contribution in [-0.2, 0) is 24.4 Å². The Hall–Kier alpha value is -3.00. The van der Waals surface area contributed by atoms with Gasteiger partial charge in [0.15, 0.2) is 5.69 Å². The zero-order chi connectivity index (χ0) is 18.3. The number of ether oxygens (including phenoxy) is 1. The average molecular weight is 356 g/mol. The third kappa shape index (κ3) is 2.99. The van der Waals surface area contributed by atoms with E-state index in [-0.39, 0.29) is 17.1 Å². The Kier molecular flexibility index (Phi) is 4.04. The summed E-state index contributed by atoms with van der Waals surface area (Å²) in [5.41, 5.74) is 2.06. The van der Waals surface area contributed by atoms with Crippen LogP contribution in [0.4, 0.5) is 4.39 Å². The van der Waals surface area contributed by atoms with Gasteiger partial charge in [0.25, 0.3) is 5.56 Å². The molecule has 1 aliphatic rings. The summed E-state index contributed by atoms with van der Waals surface area (Å²) in [6, 6.07) is 7.84. The van der Waals surface area contributed by atoms with Crippen molar-refractivity contribution in [2.24, 2.45) is 0 Å². The molecule has 0 atom stereocenters. The molecule has 0 amide bonds. The molecule has 1 aliphatic heterocycles. The van der Waals surface area contributed by atoms with E-state index in [1.54, 1.807) is 22.9 Å². The highest BCUT2D eigenvalue weighted by atomic mass is 19.1. The van der Waals surface area contributed by atoms with Crippen molar-refractivity contribution < 1.29 is 13.9 Å². The molecule has 0 spiro atoms. The van der Waals surface area contributed by atoms with Gasteiger partial charge in [-0.25, -0.2) is 9.18 Å². The van der Waals surface area contributed by atoms with E-state index < -0.39 is 5.97 Å². The van der Waals surface area contributed by atoms with Gasteiger partial charge in [0, 0.05) is 25.2 Å². The molecule has 1 aromatic carbocycles. The summed E-state index contributed by atoms with van der Waals surface area (Å²) in [4.78, 5) is 28.8. The first-order valence-electron chi connectivity index (χ1n) is 8.22. The van der Waals surface area contributed by atoms with Gasteiger partial charge in [-0.2, -0.15) is 5.10 Å². The molecular formula is C18H17FN4O3. The number of esters is 1. The average Bonchev–Trinajstić information content (AvgIpc) is 3.05. The third-order valence-electron chi connectivity index (χ3n) is 4.55. The highest BCUT2D eigenvalue weighted by Crippen LogP contribution is 2.18. The summed E-state index contributed by atoms with van der Waals surface area (Å²) in [5.74, 6) is -0.844. The van der Waals surface area contributed by atoms with Gasteiger partial charge in [-0.3, -0.25) is 14.4 Å². The molecule has 0 bridgehead atoms. The number of carbonyl (C=O) groups excluding carboxylic acids is 1. The van der Waals surface area contributed by atoms with E-state index in [0.29, 0.717) is 37.3 Å². The number of hydrogen-bond donors (Lipinski definition) is 1. The number of carbonyl (C=O) groups is 1. The molecule has 2 aromatic heterocycles. The predicted octanol–water partition coefficient (Wildman–Crippen LogP) is 1.67. The Balaban J connectivity index is 1.57. The largest absolute Gasteiger partial charge is 0.464 e. The van der Waals surface area contributed by atoms with Crippen LogP contribution in [0.1, 0.15) is 21.7 Å². The molecule has 26 heavy (non-hydrogen) atoms. The quantitative estimate of drug-likeness (QED) is 0.722. The number of H-pyrrole nitrogens is 1. The highest BCUT2D eigenvalue weighted by molar-refractivity contribution is 5.87. The lowest BCUT2D eigenvalue weighted by Crippen LogP contribution is -2.35. The fourth-order valence-corrected chi connectivity index (χ4v) is 3.24. The summed E-state index contributed by atoms with van der Waals surface area (Å²) in [6.07, 6.45) is 0. The van der Waals surface area contributed by atoms with Gasteiger partial charge in [0.1, 0.15) is 5.82 Å². The van der Waals surface area contributed by atoms with Crippen molar-refractivity contribution in [3.8, 4) is 0 Å². The lowest BCUT2D eigenvalue weighted by Gasteiger charge is -2.27. The number of benzene rings is 1. The van der Waals surface area contributed by atoms with Gasteiger partial charge in [-0.15, -0.1) is 0 Å². The molecule has 8 heteroatoms. The van der Waals surface area contributed by atoms with Crippen molar-refractivity contribution >= 4 is 16.9 Å². The van der Waals surface area contributed by atoms with Crippen molar-refractivity contribution in [1.82, 2.24) is 19.7 Å². The van der Waals surface area contributed by atoms with Crippen molar-refractivity contribution in [2.75, 3.05) is 13.7 Å². The van der Waals surface area contributed by atoms with E-state index in [2.05, 4.69) is 15.0 Å². The number of methoxy groups -OCH3 is 1. The van der Waals surface area contributed by atoms with Crippen LogP contribution in [0.5, 0.6) is 0 Å². The molecule has 3 aromatic rings. The number of fused-ring (bicyclic) bond motifs is 2. The Morgan fingerprint density at radius 3 is 2.96 bits per heavy atom. The fourth-order valence-electron chi connectivity index (χ4n) is 3.24. The van der Waals surface area contributed by atoms with E-state index in [0.717, 1.165) is 11.1 Å². The topological polar surface area (TPSA) is 80.2 Å². The van der Waals surface area contributed by atoms with Crippen molar-refractivity contribution in [2.45, 2.75) is 19.6 Å². The maximum atomic E-state index is 13.3. The minimum Gasteiger partial charge on any atom is -0.464 e. The molecular weight excluding hydrogens is 339 g/mol. The zero-order valence-electron chi connectivity index (χ0n) is 14.2. The monoisotopic (exact) mass is 356 g/mol. The van der Waals surface area contributed by atoms with Gasteiger partial charge in [0.2, 0.25) is 0 Å². The highest BCUT2D eigenvalue weighted by Gasteiger charge is 2.22. The number of nitrogens with zero attached hydrogens (tertiary/aromatic N) is 3. The number of aromatic nitrogens is 3. The smallest absolute Gasteiger partial charge is 0.358 e. The van der Waals surface area contributed by atoms with Crippen molar-refractivity contribution in [3.05, 3.63) is 63.5 Å². The first-order valence-corrected chi connectivity index (χ1v) is 8.22. The number of nitrogens with one attached hydrogen (secondary N) is 1. The predicted molar refractivity (Wildman–Crippen MR) is 92.2 cm³/mol. The number of pyridine rings is 1. The Morgan fingerprint density at radius 1 is 1.31 bits per heavy atom. The lowest BCUT2D eigenvalue weighted by atomic mass is 10.1. The summed E-state index contributed by atoms with van der Waals surface area (Å²) in [6.45, 7) is 2.37. The maximum absolute atomic E-state index is 13.3. The molecule has 0 aliphatic carbocycles. The van der Waals surface area contributed by atoms with Crippen LogP contribution in [0.15, 0.2) is 35.1 Å². The molecule has 0 radical (unpaired) electrons. The van der Waals surface area contributed by atoms with Crippen LogP contribution in [0.25, 0.3) is 10.9 Å². The molecule has 0 unspecified atom stereocenters. The van der Waals surface area contributed by atoms with E-state index in [1.165, 1.54) is 19.2 Å². The number of aromatic amines is 1. The van der Waals surface area contributed by atoms with Crippen LogP contribution < -0.4 is 5.56 Å². The minimum atomic E-state index is -0.461. The molecule has 134 valence electrons. The van der Waals surface area contributed by atoms with Gasteiger partial charge < -0.3 is 9.72 Å². The van der Waals surface area contributed by atoms with E-state index >= 15 is 0 Å².